The van der Waals surface area contributed by atoms with Crippen molar-refractivity contribution >= 4 is 17.5 Å². The van der Waals surface area contributed by atoms with E-state index < -0.39 is 0 Å². The first-order valence-electron chi connectivity index (χ1n) is 6.80. The first-order valence-corrected chi connectivity index (χ1v) is 7.18. The molecule has 2 aromatic rings. The fraction of sp³-hybridized carbons (Fsp3) is 0.235. The highest BCUT2D eigenvalue weighted by molar-refractivity contribution is 6.30. The molecule has 2 rings (SSSR count). The van der Waals surface area contributed by atoms with E-state index in [2.05, 4.69) is 5.32 Å². The summed E-state index contributed by atoms with van der Waals surface area (Å²) < 4.78 is 5.61. The molecule has 0 aromatic heterocycles. The number of aryl methyl sites for hydroxylation is 1. The van der Waals surface area contributed by atoms with Crippen molar-refractivity contribution in [2.75, 3.05) is 6.61 Å². The molecule has 0 fully saturated rings. The van der Waals surface area contributed by atoms with E-state index in [1.165, 1.54) is 0 Å². The van der Waals surface area contributed by atoms with E-state index in [-0.39, 0.29) is 11.9 Å². The molecule has 0 spiro atoms. The number of carbonyl (C=O) groups is 1. The Morgan fingerprint density at radius 3 is 2.38 bits per heavy atom. The van der Waals surface area contributed by atoms with Crippen LogP contribution >= 0.6 is 11.6 Å². The van der Waals surface area contributed by atoms with Crippen LogP contribution in [0.5, 0.6) is 5.75 Å². The lowest BCUT2D eigenvalue weighted by atomic mass is 10.1. The molecular weight excluding hydrogens is 286 g/mol. The second-order valence-corrected chi connectivity index (χ2v) is 5.44. The molecule has 2 aromatic carbocycles. The Morgan fingerprint density at radius 1 is 1.14 bits per heavy atom. The van der Waals surface area contributed by atoms with Gasteiger partial charge in [0.05, 0.1) is 6.04 Å². The van der Waals surface area contributed by atoms with Crippen LogP contribution in [0.2, 0.25) is 5.02 Å². The van der Waals surface area contributed by atoms with Crippen LogP contribution in [0.3, 0.4) is 0 Å². The van der Waals surface area contributed by atoms with Crippen LogP contribution in [-0.2, 0) is 0 Å². The van der Waals surface area contributed by atoms with Crippen LogP contribution in [0.25, 0.3) is 0 Å². The minimum absolute atomic E-state index is 0.0884. The van der Waals surface area contributed by atoms with Gasteiger partial charge in [-0.05, 0) is 50.2 Å². The lowest BCUT2D eigenvalue weighted by Gasteiger charge is -2.15. The maximum Gasteiger partial charge on any atom is 0.251 e. The molecule has 0 radical (unpaired) electrons. The van der Waals surface area contributed by atoms with Gasteiger partial charge in [-0.3, -0.25) is 4.79 Å². The van der Waals surface area contributed by atoms with Crippen molar-refractivity contribution in [2.24, 2.45) is 0 Å². The first-order chi connectivity index (χ1) is 10.0. The lowest BCUT2D eigenvalue weighted by Crippen LogP contribution is -2.36. The summed E-state index contributed by atoms with van der Waals surface area (Å²) in [6, 6.07) is 14.5. The zero-order valence-electron chi connectivity index (χ0n) is 12.1. The van der Waals surface area contributed by atoms with Gasteiger partial charge in [-0.2, -0.15) is 0 Å². The van der Waals surface area contributed by atoms with Gasteiger partial charge in [0.2, 0.25) is 0 Å². The zero-order chi connectivity index (χ0) is 15.2. The molecule has 0 saturated heterocycles. The van der Waals surface area contributed by atoms with Crippen molar-refractivity contribution in [3.05, 3.63) is 64.7 Å². The van der Waals surface area contributed by atoms with Crippen molar-refractivity contribution in [1.29, 1.82) is 0 Å². The highest BCUT2D eigenvalue weighted by Gasteiger charge is 2.10. The molecule has 1 N–H and O–H groups in total. The number of benzene rings is 2. The van der Waals surface area contributed by atoms with Crippen LogP contribution in [0.15, 0.2) is 48.5 Å². The number of nitrogens with one attached hydrogen (secondary N) is 1. The number of halogens is 1. The Morgan fingerprint density at radius 2 is 1.76 bits per heavy atom. The van der Waals surface area contributed by atoms with Crippen LogP contribution < -0.4 is 10.1 Å². The first kappa shape index (κ1) is 15.4. The maximum absolute atomic E-state index is 12.0. The van der Waals surface area contributed by atoms with Crippen LogP contribution in [0.1, 0.15) is 22.8 Å². The summed E-state index contributed by atoms with van der Waals surface area (Å²) in [6.45, 7) is 4.30. The van der Waals surface area contributed by atoms with Crippen LogP contribution in [-0.4, -0.2) is 18.6 Å². The SMILES string of the molecule is Cc1ccc(C(=O)N[C@@H](C)COc2ccc(Cl)cc2)cc1. The summed E-state index contributed by atoms with van der Waals surface area (Å²) in [5, 5.41) is 3.58. The Kier molecular flexibility index (Phi) is 5.23. The largest absolute Gasteiger partial charge is 0.491 e. The van der Waals surface area contributed by atoms with E-state index in [4.69, 9.17) is 16.3 Å². The molecule has 0 aliphatic heterocycles. The second-order valence-electron chi connectivity index (χ2n) is 5.01. The van der Waals surface area contributed by atoms with Gasteiger partial charge in [0.25, 0.3) is 5.91 Å². The van der Waals surface area contributed by atoms with Gasteiger partial charge in [-0.1, -0.05) is 29.3 Å². The molecule has 0 bridgehead atoms. The molecule has 0 heterocycles. The smallest absolute Gasteiger partial charge is 0.251 e. The van der Waals surface area contributed by atoms with Crippen molar-refractivity contribution in [3.8, 4) is 5.75 Å². The van der Waals surface area contributed by atoms with E-state index in [0.29, 0.717) is 17.2 Å². The number of hydrogen-bond donors (Lipinski definition) is 1. The fourth-order valence-electron chi connectivity index (χ4n) is 1.81. The van der Waals surface area contributed by atoms with E-state index in [1.807, 2.05) is 38.1 Å². The van der Waals surface area contributed by atoms with E-state index in [0.717, 1.165) is 11.3 Å². The van der Waals surface area contributed by atoms with Gasteiger partial charge in [0, 0.05) is 10.6 Å². The van der Waals surface area contributed by atoms with Gasteiger partial charge in [-0.25, -0.2) is 0 Å². The standard InChI is InChI=1S/C17H18ClNO2/c1-12-3-5-14(6-4-12)17(20)19-13(2)11-21-16-9-7-15(18)8-10-16/h3-10,13H,11H2,1-2H3,(H,19,20)/t13-/m0/s1. The third-order valence-corrected chi connectivity index (χ3v) is 3.26. The highest BCUT2D eigenvalue weighted by atomic mass is 35.5. The summed E-state index contributed by atoms with van der Waals surface area (Å²) in [4.78, 5) is 12.0. The minimum atomic E-state index is -0.0952. The molecule has 0 saturated carbocycles. The molecule has 110 valence electrons. The molecule has 0 unspecified atom stereocenters. The average Bonchev–Trinajstić information content (AvgIpc) is 2.47. The third kappa shape index (κ3) is 4.80. The molecule has 21 heavy (non-hydrogen) atoms. The Labute approximate surface area is 129 Å². The number of rotatable bonds is 5. The average molecular weight is 304 g/mol. The Balaban J connectivity index is 1.83. The molecule has 0 aliphatic carbocycles. The Bertz CT molecular complexity index is 593. The highest BCUT2D eigenvalue weighted by Crippen LogP contribution is 2.15. The second kappa shape index (κ2) is 7.14. The molecule has 0 aliphatic rings. The number of ether oxygens (including phenoxy) is 1. The summed E-state index contributed by atoms with van der Waals surface area (Å²) >= 11 is 5.81. The maximum atomic E-state index is 12.0. The predicted molar refractivity (Wildman–Crippen MR) is 85.1 cm³/mol. The minimum Gasteiger partial charge on any atom is -0.491 e. The van der Waals surface area contributed by atoms with E-state index >= 15 is 0 Å². The van der Waals surface area contributed by atoms with Gasteiger partial charge >= 0.3 is 0 Å². The van der Waals surface area contributed by atoms with Crippen molar-refractivity contribution in [3.63, 3.8) is 0 Å². The van der Waals surface area contributed by atoms with Gasteiger partial charge in [0.15, 0.2) is 0 Å². The summed E-state index contributed by atoms with van der Waals surface area (Å²) in [5.41, 5.74) is 1.78. The zero-order valence-corrected chi connectivity index (χ0v) is 12.9. The van der Waals surface area contributed by atoms with Gasteiger partial charge < -0.3 is 10.1 Å². The topological polar surface area (TPSA) is 38.3 Å². The number of hydrogen-bond acceptors (Lipinski definition) is 2. The van der Waals surface area contributed by atoms with Crippen molar-refractivity contribution < 1.29 is 9.53 Å². The molecule has 4 heteroatoms. The van der Waals surface area contributed by atoms with Gasteiger partial charge in [0.1, 0.15) is 12.4 Å². The van der Waals surface area contributed by atoms with Crippen LogP contribution in [0, 0.1) is 6.92 Å². The normalized spacial score (nSPS) is 11.8. The molecule has 1 atom stereocenters. The monoisotopic (exact) mass is 303 g/mol. The van der Waals surface area contributed by atoms with Crippen molar-refractivity contribution in [2.45, 2.75) is 19.9 Å². The summed E-state index contributed by atoms with van der Waals surface area (Å²) in [7, 11) is 0. The third-order valence-electron chi connectivity index (χ3n) is 3.00. The summed E-state index contributed by atoms with van der Waals surface area (Å²) in [5.74, 6) is 0.637. The molecule has 3 nitrogen and oxygen atoms in total. The molecule has 1 amide bonds. The number of carbonyl (C=O) groups excluding carboxylic acids is 1. The predicted octanol–water partition coefficient (Wildman–Crippen LogP) is 3.85. The summed E-state index contributed by atoms with van der Waals surface area (Å²) in [6.07, 6.45) is 0. The Hall–Kier alpha value is -2.00. The quantitative estimate of drug-likeness (QED) is 0.911. The van der Waals surface area contributed by atoms with Crippen molar-refractivity contribution in [1.82, 2.24) is 5.32 Å². The van der Waals surface area contributed by atoms with Gasteiger partial charge in [-0.15, -0.1) is 0 Å². The van der Waals surface area contributed by atoms with E-state index in [9.17, 15) is 4.79 Å². The lowest BCUT2D eigenvalue weighted by molar-refractivity contribution is 0.0926. The fourth-order valence-corrected chi connectivity index (χ4v) is 1.93. The van der Waals surface area contributed by atoms with Crippen LogP contribution in [0.4, 0.5) is 0 Å². The molecular formula is C17H18ClNO2. The number of amides is 1. The van der Waals surface area contributed by atoms with E-state index in [1.54, 1.807) is 24.3 Å².